The summed E-state index contributed by atoms with van der Waals surface area (Å²) in [5, 5.41) is 7.91. The lowest BCUT2D eigenvalue weighted by atomic mass is 10.3. The minimum absolute atomic E-state index is 0.292. The van der Waals surface area contributed by atoms with Gasteiger partial charge in [0.15, 0.2) is 0 Å². The second kappa shape index (κ2) is 12.7. The molecule has 0 saturated heterocycles. The van der Waals surface area contributed by atoms with E-state index in [-0.39, 0.29) is 0 Å². The Morgan fingerprint density at radius 3 is 1.35 bits per heavy atom. The number of carbonyl (C=O) groups is 3. The Morgan fingerprint density at radius 2 is 1.18 bits per heavy atom. The van der Waals surface area contributed by atoms with Gasteiger partial charge in [-0.05, 0) is 19.3 Å². The standard InChI is InChI=1S/C8H14O3.C4H8O2/c1-3-5-7(9)11-8(10)6-4-2;1-2-3-4(5)6/h3-6H2,1-2H3;2-3H2,1H3,(H,5,6). The van der Waals surface area contributed by atoms with Crippen molar-refractivity contribution in [2.75, 3.05) is 0 Å². The molecule has 0 rings (SSSR count). The number of carboxylic acids is 1. The van der Waals surface area contributed by atoms with Crippen LogP contribution in [0.15, 0.2) is 0 Å². The maximum absolute atomic E-state index is 10.7. The van der Waals surface area contributed by atoms with E-state index in [0.717, 1.165) is 19.3 Å². The van der Waals surface area contributed by atoms with Crippen LogP contribution in [-0.4, -0.2) is 23.0 Å². The van der Waals surface area contributed by atoms with Crippen molar-refractivity contribution in [3.05, 3.63) is 0 Å². The Hall–Kier alpha value is -1.39. The van der Waals surface area contributed by atoms with E-state index < -0.39 is 17.9 Å². The Bertz CT molecular complexity index is 219. The van der Waals surface area contributed by atoms with Crippen molar-refractivity contribution >= 4 is 17.9 Å². The first-order valence-electron chi connectivity index (χ1n) is 5.93. The van der Waals surface area contributed by atoms with Crippen molar-refractivity contribution in [1.82, 2.24) is 0 Å². The quantitative estimate of drug-likeness (QED) is 0.575. The molecule has 0 amide bonds. The molecule has 0 radical (unpaired) electrons. The largest absolute Gasteiger partial charge is 0.481 e. The van der Waals surface area contributed by atoms with Gasteiger partial charge in [0.2, 0.25) is 0 Å². The van der Waals surface area contributed by atoms with Crippen molar-refractivity contribution in [1.29, 1.82) is 0 Å². The number of carboxylic acid groups (broad SMARTS) is 1. The number of hydrogen-bond donors (Lipinski definition) is 1. The normalized spacial score (nSPS) is 8.88. The number of hydrogen-bond acceptors (Lipinski definition) is 4. The molecule has 0 saturated carbocycles. The highest BCUT2D eigenvalue weighted by atomic mass is 16.6. The van der Waals surface area contributed by atoms with Crippen LogP contribution in [0.3, 0.4) is 0 Å². The fraction of sp³-hybridized carbons (Fsp3) is 0.750. The van der Waals surface area contributed by atoms with E-state index in [1.807, 2.05) is 20.8 Å². The Morgan fingerprint density at radius 1 is 0.824 bits per heavy atom. The zero-order valence-corrected chi connectivity index (χ0v) is 10.8. The predicted molar refractivity (Wildman–Crippen MR) is 63.5 cm³/mol. The topological polar surface area (TPSA) is 80.7 Å². The predicted octanol–water partition coefficient (Wildman–Crippen LogP) is 2.53. The molecule has 0 aromatic rings. The van der Waals surface area contributed by atoms with E-state index in [1.54, 1.807) is 0 Å². The summed E-state index contributed by atoms with van der Waals surface area (Å²) in [6.45, 7) is 5.57. The molecule has 0 aromatic heterocycles. The third-order valence-corrected chi connectivity index (χ3v) is 1.60. The van der Waals surface area contributed by atoms with E-state index in [9.17, 15) is 14.4 Å². The van der Waals surface area contributed by atoms with E-state index in [4.69, 9.17) is 5.11 Å². The molecule has 0 aliphatic rings. The minimum Gasteiger partial charge on any atom is -0.481 e. The number of carbonyl (C=O) groups excluding carboxylic acids is 2. The highest BCUT2D eigenvalue weighted by molar-refractivity contribution is 5.85. The van der Waals surface area contributed by atoms with E-state index in [2.05, 4.69) is 4.74 Å². The third kappa shape index (κ3) is 17.2. The molecule has 5 heteroatoms. The van der Waals surface area contributed by atoms with Gasteiger partial charge in [-0.2, -0.15) is 0 Å². The Labute approximate surface area is 102 Å². The molecule has 0 spiro atoms. The van der Waals surface area contributed by atoms with Gasteiger partial charge in [0.05, 0.1) is 0 Å². The van der Waals surface area contributed by atoms with Crippen LogP contribution in [-0.2, 0) is 19.1 Å². The van der Waals surface area contributed by atoms with Crippen LogP contribution in [0.4, 0.5) is 0 Å². The second-order valence-corrected chi connectivity index (χ2v) is 3.49. The average molecular weight is 246 g/mol. The van der Waals surface area contributed by atoms with Crippen LogP contribution >= 0.6 is 0 Å². The molecule has 1 N–H and O–H groups in total. The lowest BCUT2D eigenvalue weighted by Crippen LogP contribution is -2.10. The molecule has 0 unspecified atom stereocenters. The second-order valence-electron chi connectivity index (χ2n) is 3.49. The van der Waals surface area contributed by atoms with Crippen molar-refractivity contribution in [3.63, 3.8) is 0 Å². The molecular weight excluding hydrogens is 224 g/mol. The SMILES string of the molecule is CCCC(=O)O.CCCC(=O)OC(=O)CCC. The molecule has 0 bridgehead atoms. The number of ether oxygens (including phenoxy) is 1. The summed E-state index contributed by atoms with van der Waals surface area (Å²) >= 11 is 0. The molecule has 0 aliphatic carbocycles. The summed E-state index contributed by atoms with van der Waals surface area (Å²) in [6, 6.07) is 0. The maximum atomic E-state index is 10.7. The maximum Gasteiger partial charge on any atom is 0.313 e. The average Bonchev–Trinajstić information content (AvgIpc) is 2.18. The molecule has 5 nitrogen and oxygen atoms in total. The van der Waals surface area contributed by atoms with Gasteiger partial charge in [-0.25, -0.2) is 0 Å². The molecule has 100 valence electrons. The van der Waals surface area contributed by atoms with Crippen molar-refractivity contribution in [2.45, 2.75) is 59.3 Å². The van der Waals surface area contributed by atoms with Gasteiger partial charge in [0, 0.05) is 19.3 Å². The van der Waals surface area contributed by atoms with Gasteiger partial charge >= 0.3 is 17.9 Å². The summed E-state index contributed by atoms with van der Waals surface area (Å²) in [7, 11) is 0. The van der Waals surface area contributed by atoms with Crippen LogP contribution in [0.5, 0.6) is 0 Å². The fourth-order valence-corrected chi connectivity index (χ4v) is 0.851. The van der Waals surface area contributed by atoms with Crippen LogP contribution in [0.2, 0.25) is 0 Å². The Balaban J connectivity index is 0. The van der Waals surface area contributed by atoms with Gasteiger partial charge in [0.1, 0.15) is 0 Å². The Kier molecular flexibility index (Phi) is 13.4. The van der Waals surface area contributed by atoms with Crippen molar-refractivity contribution < 1.29 is 24.2 Å². The minimum atomic E-state index is -0.711. The summed E-state index contributed by atoms with van der Waals surface area (Å²) in [6.07, 6.45) is 3.12. The highest BCUT2D eigenvalue weighted by Crippen LogP contribution is 1.95. The number of esters is 2. The van der Waals surface area contributed by atoms with Crippen molar-refractivity contribution in [2.24, 2.45) is 0 Å². The van der Waals surface area contributed by atoms with Gasteiger partial charge in [0.25, 0.3) is 0 Å². The lowest BCUT2D eigenvalue weighted by Gasteiger charge is -1.98. The van der Waals surface area contributed by atoms with Gasteiger partial charge in [-0.1, -0.05) is 20.8 Å². The van der Waals surface area contributed by atoms with Gasteiger partial charge in [-0.3, -0.25) is 14.4 Å². The van der Waals surface area contributed by atoms with E-state index in [0.29, 0.717) is 19.3 Å². The molecular formula is C12H22O5. The van der Waals surface area contributed by atoms with Crippen LogP contribution < -0.4 is 0 Å². The molecule has 0 aliphatic heterocycles. The first-order valence-corrected chi connectivity index (χ1v) is 5.93. The highest BCUT2D eigenvalue weighted by Gasteiger charge is 2.06. The third-order valence-electron chi connectivity index (χ3n) is 1.60. The molecule has 0 aromatic carbocycles. The lowest BCUT2D eigenvalue weighted by molar-refractivity contribution is -0.159. The first-order chi connectivity index (χ1) is 7.97. The van der Waals surface area contributed by atoms with Gasteiger partial charge < -0.3 is 9.84 Å². The zero-order chi connectivity index (χ0) is 13.7. The molecule has 17 heavy (non-hydrogen) atoms. The summed E-state index contributed by atoms with van der Waals surface area (Å²) < 4.78 is 4.45. The smallest absolute Gasteiger partial charge is 0.313 e. The first kappa shape index (κ1) is 18.0. The van der Waals surface area contributed by atoms with Crippen LogP contribution in [0.25, 0.3) is 0 Å². The van der Waals surface area contributed by atoms with E-state index >= 15 is 0 Å². The van der Waals surface area contributed by atoms with Gasteiger partial charge in [-0.15, -0.1) is 0 Å². The monoisotopic (exact) mass is 246 g/mol. The van der Waals surface area contributed by atoms with Crippen LogP contribution in [0, 0.1) is 0 Å². The zero-order valence-electron chi connectivity index (χ0n) is 10.8. The summed E-state index contributed by atoms with van der Waals surface area (Å²) in [5.41, 5.74) is 0. The number of rotatable bonds is 6. The fourth-order valence-electron chi connectivity index (χ4n) is 0.851. The summed E-state index contributed by atoms with van der Waals surface area (Å²) in [5.74, 6) is -1.53. The summed E-state index contributed by atoms with van der Waals surface area (Å²) in [4.78, 5) is 31.0. The van der Waals surface area contributed by atoms with E-state index in [1.165, 1.54) is 0 Å². The number of aliphatic carboxylic acids is 1. The molecule has 0 atom stereocenters. The van der Waals surface area contributed by atoms with Crippen molar-refractivity contribution in [3.8, 4) is 0 Å². The molecule has 0 fully saturated rings. The van der Waals surface area contributed by atoms with Crippen LogP contribution in [0.1, 0.15) is 59.3 Å². The molecule has 0 heterocycles.